The summed E-state index contributed by atoms with van der Waals surface area (Å²) in [6.07, 6.45) is 3.58. The van der Waals surface area contributed by atoms with Crippen LogP contribution in [0.1, 0.15) is 34.4 Å². The van der Waals surface area contributed by atoms with Crippen molar-refractivity contribution < 1.29 is 4.74 Å². The number of hydrogen-bond donors (Lipinski definition) is 1. The van der Waals surface area contributed by atoms with Gasteiger partial charge in [-0.05, 0) is 68.0 Å². The van der Waals surface area contributed by atoms with Gasteiger partial charge in [-0.25, -0.2) is 4.98 Å². The minimum Gasteiger partial charge on any atom is -0.439 e. The number of benzene rings is 1. The molecule has 0 bridgehead atoms. The smallest absolute Gasteiger partial charge is 0.224 e. The zero-order chi connectivity index (χ0) is 14.1. The van der Waals surface area contributed by atoms with Crippen molar-refractivity contribution in [2.45, 2.75) is 39.7 Å². The molecule has 0 spiro atoms. The lowest BCUT2D eigenvalue weighted by atomic mass is 10.1. The van der Waals surface area contributed by atoms with E-state index in [4.69, 9.17) is 10.5 Å². The van der Waals surface area contributed by atoms with Gasteiger partial charge in [0.15, 0.2) is 0 Å². The molecule has 104 valence electrons. The Labute approximate surface area is 119 Å². The summed E-state index contributed by atoms with van der Waals surface area (Å²) in [5.41, 5.74) is 11.8. The van der Waals surface area contributed by atoms with Crippen LogP contribution in [-0.2, 0) is 19.4 Å². The van der Waals surface area contributed by atoms with Crippen LogP contribution < -0.4 is 10.5 Å². The van der Waals surface area contributed by atoms with E-state index in [1.165, 1.54) is 24.0 Å². The molecular formula is C17H20N2O. The molecule has 3 nitrogen and oxygen atoms in total. The van der Waals surface area contributed by atoms with Crippen LogP contribution in [0.5, 0.6) is 11.6 Å². The summed E-state index contributed by atoms with van der Waals surface area (Å²) in [6.45, 7) is 4.47. The first-order chi connectivity index (χ1) is 9.67. The molecule has 2 N–H and O–H groups in total. The maximum absolute atomic E-state index is 6.00. The molecule has 0 saturated heterocycles. The Morgan fingerprint density at radius 2 is 1.95 bits per heavy atom. The van der Waals surface area contributed by atoms with Crippen molar-refractivity contribution >= 4 is 0 Å². The quantitative estimate of drug-likeness (QED) is 0.927. The molecule has 3 rings (SSSR count). The predicted molar refractivity (Wildman–Crippen MR) is 80.1 cm³/mol. The highest BCUT2D eigenvalue weighted by atomic mass is 16.5. The Hall–Kier alpha value is -1.87. The third kappa shape index (κ3) is 2.41. The average Bonchev–Trinajstić information content (AvgIpc) is 2.85. The fourth-order valence-electron chi connectivity index (χ4n) is 2.89. The number of pyridine rings is 1. The monoisotopic (exact) mass is 268 g/mol. The lowest BCUT2D eigenvalue weighted by Gasteiger charge is -2.13. The van der Waals surface area contributed by atoms with Crippen LogP contribution in [-0.4, -0.2) is 4.98 Å². The van der Waals surface area contributed by atoms with Gasteiger partial charge in [0.25, 0.3) is 0 Å². The highest BCUT2D eigenvalue weighted by Crippen LogP contribution is 2.30. The Bertz CT molecular complexity index is 650. The standard InChI is InChI=1S/C17H20N2O/c1-11-8-12(2)19-17(16(11)10-18)20-15-7-6-13-4-3-5-14(13)9-15/h6-9H,3-5,10,18H2,1-2H3. The van der Waals surface area contributed by atoms with E-state index in [2.05, 4.69) is 17.1 Å². The Kier molecular flexibility index (Phi) is 3.45. The molecule has 20 heavy (non-hydrogen) atoms. The molecule has 1 aromatic carbocycles. The van der Waals surface area contributed by atoms with Crippen molar-refractivity contribution in [3.63, 3.8) is 0 Å². The number of rotatable bonds is 3. The summed E-state index contributed by atoms with van der Waals surface area (Å²) >= 11 is 0. The van der Waals surface area contributed by atoms with Crippen molar-refractivity contribution in [1.82, 2.24) is 4.98 Å². The molecule has 0 aliphatic heterocycles. The highest BCUT2D eigenvalue weighted by Gasteiger charge is 2.14. The summed E-state index contributed by atoms with van der Waals surface area (Å²) < 4.78 is 6.00. The van der Waals surface area contributed by atoms with Gasteiger partial charge in [-0.3, -0.25) is 0 Å². The zero-order valence-corrected chi connectivity index (χ0v) is 12.1. The van der Waals surface area contributed by atoms with Gasteiger partial charge in [-0.1, -0.05) is 6.07 Å². The molecule has 0 radical (unpaired) electrons. The normalized spacial score (nSPS) is 13.3. The van der Waals surface area contributed by atoms with Gasteiger partial charge in [0.05, 0.1) is 0 Å². The van der Waals surface area contributed by atoms with Crippen LogP contribution in [0.15, 0.2) is 24.3 Å². The van der Waals surface area contributed by atoms with Crippen LogP contribution in [0.25, 0.3) is 0 Å². The molecule has 3 heteroatoms. The molecule has 1 aliphatic rings. The minimum absolute atomic E-state index is 0.444. The van der Waals surface area contributed by atoms with Crippen LogP contribution in [0.3, 0.4) is 0 Å². The van der Waals surface area contributed by atoms with Gasteiger partial charge in [-0.2, -0.15) is 0 Å². The molecule has 0 unspecified atom stereocenters. The lowest BCUT2D eigenvalue weighted by Crippen LogP contribution is -2.05. The topological polar surface area (TPSA) is 48.1 Å². The van der Waals surface area contributed by atoms with Crippen molar-refractivity contribution in [1.29, 1.82) is 0 Å². The molecule has 0 saturated carbocycles. The second-order valence-corrected chi connectivity index (χ2v) is 5.45. The van der Waals surface area contributed by atoms with Gasteiger partial charge < -0.3 is 10.5 Å². The lowest BCUT2D eigenvalue weighted by molar-refractivity contribution is 0.454. The molecule has 0 atom stereocenters. The van der Waals surface area contributed by atoms with Crippen LogP contribution >= 0.6 is 0 Å². The Balaban J connectivity index is 1.95. The second-order valence-electron chi connectivity index (χ2n) is 5.45. The minimum atomic E-state index is 0.444. The van der Waals surface area contributed by atoms with Gasteiger partial charge in [-0.15, -0.1) is 0 Å². The number of hydrogen-bond acceptors (Lipinski definition) is 3. The third-order valence-electron chi connectivity index (χ3n) is 3.93. The van der Waals surface area contributed by atoms with Crippen LogP contribution in [0.4, 0.5) is 0 Å². The SMILES string of the molecule is Cc1cc(C)c(CN)c(Oc2ccc3c(c2)CCC3)n1. The fraction of sp³-hybridized carbons (Fsp3) is 0.353. The number of nitrogens with zero attached hydrogens (tertiary/aromatic N) is 1. The van der Waals surface area contributed by atoms with Crippen LogP contribution in [0, 0.1) is 13.8 Å². The molecule has 1 heterocycles. The first-order valence-corrected chi connectivity index (χ1v) is 7.14. The molecule has 0 amide bonds. The fourth-order valence-corrected chi connectivity index (χ4v) is 2.89. The van der Waals surface area contributed by atoms with E-state index in [9.17, 15) is 0 Å². The summed E-state index contributed by atoms with van der Waals surface area (Å²) in [4.78, 5) is 4.49. The van der Waals surface area contributed by atoms with Gasteiger partial charge in [0.1, 0.15) is 5.75 Å². The van der Waals surface area contributed by atoms with Crippen LogP contribution in [0.2, 0.25) is 0 Å². The second kappa shape index (κ2) is 5.25. The van der Waals surface area contributed by atoms with Gasteiger partial charge in [0.2, 0.25) is 5.88 Å². The highest BCUT2D eigenvalue weighted by molar-refractivity contribution is 5.42. The molecule has 1 aliphatic carbocycles. The first-order valence-electron chi connectivity index (χ1n) is 7.14. The van der Waals surface area contributed by atoms with E-state index < -0.39 is 0 Å². The Morgan fingerprint density at radius 1 is 1.15 bits per heavy atom. The predicted octanol–water partition coefficient (Wildman–Crippen LogP) is 3.44. The van der Waals surface area contributed by atoms with Crippen molar-refractivity contribution in [2.24, 2.45) is 5.73 Å². The molecule has 0 fully saturated rings. The van der Waals surface area contributed by atoms with E-state index in [0.717, 1.165) is 29.0 Å². The molecular weight excluding hydrogens is 248 g/mol. The van der Waals surface area contributed by atoms with Crippen molar-refractivity contribution in [3.05, 3.63) is 52.2 Å². The number of ether oxygens (including phenoxy) is 1. The summed E-state index contributed by atoms with van der Waals surface area (Å²) in [7, 11) is 0. The number of fused-ring (bicyclic) bond motifs is 1. The van der Waals surface area contributed by atoms with E-state index >= 15 is 0 Å². The maximum atomic E-state index is 6.00. The average molecular weight is 268 g/mol. The first kappa shape index (κ1) is 13.1. The zero-order valence-electron chi connectivity index (χ0n) is 12.1. The number of nitrogens with two attached hydrogens (primary N) is 1. The maximum Gasteiger partial charge on any atom is 0.224 e. The third-order valence-corrected chi connectivity index (χ3v) is 3.93. The van der Waals surface area contributed by atoms with E-state index in [1.54, 1.807) is 0 Å². The summed E-state index contributed by atoms with van der Waals surface area (Å²) in [5, 5.41) is 0. The van der Waals surface area contributed by atoms with Crippen molar-refractivity contribution in [2.75, 3.05) is 0 Å². The largest absolute Gasteiger partial charge is 0.439 e. The number of aromatic nitrogens is 1. The van der Waals surface area contributed by atoms with Gasteiger partial charge in [0, 0.05) is 17.8 Å². The molecule has 2 aromatic rings. The van der Waals surface area contributed by atoms with Gasteiger partial charge >= 0.3 is 0 Å². The van der Waals surface area contributed by atoms with E-state index in [-0.39, 0.29) is 0 Å². The Morgan fingerprint density at radius 3 is 2.75 bits per heavy atom. The number of aryl methyl sites for hydroxylation is 4. The summed E-state index contributed by atoms with van der Waals surface area (Å²) in [6, 6.07) is 8.38. The molecule has 1 aromatic heterocycles. The van der Waals surface area contributed by atoms with E-state index in [0.29, 0.717) is 12.4 Å². The van der Waals surface area contributed by atoms with E-state index in [1.807, 2.05) is 26.0 Å². The van der Waals surface area contributed by atoms with Crippen molar-refractivity contribution in [3.8, 4) is 11.6 Å². The summed E-state index contributed by atoms with van der Waals surface area (Å²) in [5.74, 6) is 1.50.